The van der Waals surface area contributed by atoms with E-state index in [1.165, 1.54) is 0 Å². The van der Waals surface area contributed by atoms with Crippen LogP contribution in [0.25, 0.3) is 0 Å². The Bertz CT molecular complexity index is 693. The number of amides is 2. The molecule has 0 radical (unpaired) electrons. The second-order valence-electron chi connectivity index (χ2n) is 9.47. The van der Waals surface area contributed by atoms with Gasteiger partial charge in [0.25, 0.3) is 0 Å². The molecule has 2 rings (SSSR count). The van der Waals surface area contributed by atoms with Crippen LogP contribution < -0.4 is 22.9 Å². The normalized spacial score (nSPS) is 18.4. The van der Waals surface area contributed by atoms with Crippen LogP contribution in [0.3, 0.4) is 0 Å². The third kappa shape index (κ3) is 16.1. The third-order valence-electron chi connectivity index (χ3n) is 6.31. The number of carbonyl (C=O) groups excluding carboxylic acids is 2. The molecule has 3 unspecified atom stereocenters. The lowest BCUT2D eigenvalue weighted by Gasteiger charge is -2.31. The highest BCUT2D eigenvalue weighted by atomic mass is 16.4. The van der Waals surface area contributed by atoms with Crippen LogP contribution in [-0.4, -0.2) is 106 Å². The molecule has 0 bridgehead atoms. The maximum absolute atomic E-state index is 10.9. The minimum absolute atomic E-state index is 0.0880. The summed E-state index contributed by atoms with van der Waals surface area (Å²) >= 11 is 0. The zero-order chi connectivity index (χ0) is 29.1. The van der Waals surface area contributed by atoms with Crippen molar-refractivity contribution in [3.8, 4) is 0 Å². The highest BCUT2D eigenvalue weighted by Gasteiger charge is 2.29. The maximum Gasteiger partial charge on any atom is 0.321 e. The monoisotopic (exact) mass is 546 g/mol. The number of carboxylic acids is 3. The van der Waals surface area contributed by atoms with E-state index >= 15 is 0 Å². The van der Waals surface area contributed by atoms with Crippen LogP contribution in [-0.2, 0) is 24.0 Å². The van der Waals surface area contributed by atoms with E-state index in [0.717, 1.165) is 77.5 Å². The summed E-state index contributed by atoms with van der Waals surface area (Å²) in [4.78, 5) is 56.9. The summed E-state index contributed by atoms with van der Waals surface area (Å²) < 4.78 is 0. The average Bonchev–Trinajstić information content (AvgIpc) is 2.87. The summed E-state index contributed by atoms with van der Waals surface area (Å²) in [6.45, 7) is 3.62. The molecule has 0 spiro atoms. The number of aliphatic carboxylic acids is 3. The lowest BCUT2D eigenvalue weighted by molar-refractivity contribution is -0.146. The predicted octanol–water partition coefficient (Wildman–Crippen LogP) is -0.871. The Hall–Kier alpha value is -2.81. The fraction of sp³-hybridized carbons (Fsp3) is 0.792. The third-order valence-corrected chi connectivity index (χ3v) is 6.31. The van der Waals surface area contributed by atoms with E-state index in [0.29, 0.717) is 13.0 Å². The molecule has 2 fully saturated rings. The highest BCUT2D eigenvalue weighted by molar-refractivity contribution is 5.83. The molecule has 0 aromatic rings. The van der Waals surface area contributed by atoms with Crippen LogP contribution in [0, 0.1) is 0 Å². The number of primary amides is 2. The van der Waals surface area contributed by atoms with Gasteiger partial charge in [-0.05, 0) is 71.2 Å². The molecule has 38 heavy (non-hydrogen) atoms. The first-order chi connectivity index (χ1) is 17.9. The van der Waals surface area contributed by atoms with E-state index in [-0.39, 0.29) is 12.8 Å². The number of unbranched alkanes of at least 4 members (excludes halogenated alkanes) is 1. The molecule has 3 atom stereocenters. The molecular formula is C24H46N6O8. The van der Waals surface area contributed by atoms with Gasteiger partial charge in [-0.3, -0.25) is 33.8 Å². The number of carbonyl (C=O) groups is 5. The summed E-state index contributed by atoms with van der Waals surface area (Å²) in [5.74, 6) is -3.95. The van der Waals surface area contributed by atoms with Gasteiger partial charge in [0.2, 0.25) is 11.8 Å². The second-order valence-corrected chi connectivity index (χ2v) is 9.47. The fourth-order valence-corrected chi connectivity index (χ4v) is 4.22. The minimum atomic E-state index is -0.953. The van der Waals surface area contributed by atoms with Gasteiger partial charge in [0.15, 0.2) is 0 Å². The Morgan fingerprint density at radius 1 is 0.632 bits per heavy atom. The van der Waals surface area contributed by atoms with Crippen molar-refractivity contribution in [1.82, 2.24) is 9.80 Å². The average molecular weight is 547 g/mol. The van der Waals surface area contributed by atoms with Crippen molar-refractivity contribution in [3.63, 3.8) is 0 Å². The van der Waals surface area contributed by atoms with Crippen molar-refractivity contribution in [1.29, 1.82) is 0 Å². The molecule has 2 saturated heterocycles. The fourth-order valence-electron chi connectivity index (χ4n) is 4.22. The molecule has 2 heterocycles. The van der Waals surface area contributed by atoms with E-state index < -0.39 is 47.8 Å². The molecule has 14 heteroatoms. The summed E-state index contributed by atoms with van der Waals surface area (Å²) in [5.41, 5.74) is 20.4. The largest absolute Gasteiger partial charge is 0.480 e. The summed E-state index contributed by atoms with van der Waals surface area (Å²) in [7, 11) is 0. The summed E-state index contributed by atoms with van der Waals surface area (Å²) in [6.07, 6.45) is 8.27. The molecular weight excluding hydrogens is 500 g/mol. The molecule has 2 amide bonds. The Kier molecular flexibility index (Phi) is 18.7. The minimum Gasteiger partial charge on any atom is -0.480 e. The Morgan fingerprint density at radius 2 is 1.00 bits per heavy atom. The number of nitrogens with two attached hydrogens (primary N) is 4. The van der Waals surface area contributed by atoms with Crippen LogP contribution >= 0.6 is 0 Å². The standard InChI is InChI=1S/2C9H16N2O3.C6H14N2O2/c2*10-8(12)6-7(9(13)14)11-4-2-1-3-5-11;7-4-2-1-3-5(8)6(9)10/h2*7H,1-6H2,(H2,10,12)(H,13,14);5H,1-4,7-8H2,(H,9,10). The summed E-state index contributed by atoms with van der Waals surface area (Å²) in [5, 5.41) is 26.2. The molecule has 2 aliphatic rings. The smallest absolute Gasteiger partial charge is 0.321 e. The van der Waals surface area contributed by atoms with Crippen molar-refractivity contribution >= 4 is 29.7 Å². The molecule has 11 N–H and O–H groups in total. The van der Waals surface area contributed by atoms with E-state index in [2.05, 4.69) is 0 Å². The number of carboxylic acid groups (broad SMARTS) is 3. The Morgan fingerprint density at radius 3 is 1.26 bits per heavy atom. The van der Waals surface area contributed by atoms with Gasteiger partial charge in [-0.25, -0.2) is 0 Å². The van der Waals surface area contributed by atoms with Gasteiger partial charge >= 0.3 is 17.9 Å². The first-order valence-corrected chi connectivity index (χ1v) is 13.1. The molecule has 0 aromatic heterocycles. The van der Waals surface area contributed by atoms with Gasteiger partial charge in [-0.2, -0.15) is 0 Å². The van der Waals surface area contributed by atoms with Gasteiger partial charge in [0.1, 0.15) is 18.1 Å². The van der Waals surface area contributed by atoms with E-state index in [9.17, 15) is 24.0 Å². The summed E-state index contributed by atoms with van der Waals surface area (Å²) in [6, 6.07) is -2.17. The van der Waals surface area contributed by atoms with Gasteiger partial charge in [-0.1, -0.05) is 19.3 Å². The van der Waals surface area contributed by atoms with Crippen molar-refractivity contribution in [2.24, 2.45) is 22.9 Å². The zero-order valence-electron chi connectivity index (χ0n) is 22.1. The van der Waals surface area contributed by atoms with Crippen LogP contribution in [0.5, 0.6) is 0 Å². The quantitative estimate of drug-likeness (QED) is 0.139. The van der Waals surface area contributed by atoms with Crippen LogP contribution in [0.4, 0.5) is 0 Å². The first kappa shape index (κ1) is 35.2. The van der Waals surface area contributed by atoms with Crippen LogP contribution in [0.2, 0.25) is 0 Å². The first-order valence-electron chi connectivity index (χ1n) is 13.1. The second kappa shape index (κ2) is 20.2. The van der Waals surface area contributed by atoms with Gasteiger partial charge in [0.05, 0.1) is 12.8 Å². The SMILES string of the molecule is NC(=O)CC(C(=O)O)N1CCCCC1.NC(=O)CC(C(=O)O)N1CCCCC1.NCCCCC(N)C(=O)O. The van der Waals surface area contributed by atoms with Crippen LogP contribution in [0.1, 0.15) is 70.6 Å². The number of hydrogen-bond donors (Lipinski definition) is 7. The van der Waals surface area contributed by atoms with Crippen molar-refractivity contribution < 1.29 is 39.3 Å². The Labute approximate surface area is 223 Å². The van der Waals surface area contributed by atoms with Crippen molar-refractivity contribution in [3.05, 3.63) is 0 Å². The lowest BCUT2D eigenvalue weighted by atomic mass is 10.1. The van der Waals surface area contributed by atoms with Crippen molar-refractivity contribution in [2.75, 3.05) is 32.7 Å². The molecule has 0 saturated carbocycles. The number of rotatable bonds is 13. The predicted molar refractivity (Wildman–Crippen MR) is 140 cm³/mol. The molecule has 220 valence electrons. The van der Waals surface area contributed by atoms with Crippen molar-refractivity contribution in [2.45, 2.75) is 88.8 Å². The molecule has 2 aliphatic heterocycles. The van der Waals surface area contributed by atoms with Gasteiger partial charge in [0, 0.05) is 0 Å². The Balaban J connectivity index is 0.000000551. The topological polar surface area (TPSA) is 257 Å². The molecule has 0 aromatic carbocycles. The van der Waals surface area contributed by atoms with E-state index in [1.54, 1.807) is 0 Å². The van der Waals surface area contributed by atoms with Gasteiger partial charge in [-0.15, -0.1) is 0 Å². The van der Waals surface area contributed by atoms with Crippen LogP contribution in [0.15, 0.2) is 0 Å². The maximum atomic E-state index is 10.9. The van der Waals surface area contributed by atoms with E-state index in [1.807, 2.05) is 9.80 Å². The molecule has 14 nitrogen and oxygen atoms in total. The zero-order valence-corrected chi connectivity index (χ0v) is 22.1. The number of likely N-dealkylation sites (tertiary alicyclic amines) is 2. The van der Waals surface area contributed by atoms with E-state index in [4.69, 9.17) is 38.3 Å². The highest BCUT2D eigenvalue weighted by Crippen LogP contribution is 2.15. The number of piperidine rings is 2. The van der Waals surface area contributed by atoms with Gasteiger partial charge < -0.3 is 38.3 Å². The number of hydrogen-bond acceptors (Lipinski definition) is 9. The number of nitrogens with zero attached hydrogens (tertiary/aromatic N) is 2. The molecule has 0 aliphatic carbocycles. The lowest BCUT2D eigenvalue weighted by Crippen LogP contribution is -2.46.